The van der Waals surface area contributed by atoms with Crippen molar-refractivity contribution in [1.82, 2.24) is 10.6 Å². The number of hydrogen-bond donors (Lipinski definition) is 2. The van der Waals surface area contributed by atoms with Crippen LogP contribution in [0.1, 0.15) is 25.5 Å². The molecule has 0 aromatic heterocycles. The fourth-order valence-electron chi connectivity index (χ4n) is 2.31. The maximum atomic E-state index is 12.2. The van der Waals surface area contributed by atoms with E-state index in [1.807, 2.05) is 18.2 Å². The number of methoxy groups -OCH3 is 1. The van der Waals surface area contributed by atoms with Crippen LogP contribution in [0.25, 0.3) is 0 Å². The first-order valence-electron chi connectivity index (χ1n) is 6.66. The minimum absolute atomic E-state index is 0.266. The smallest absolute Gasteiger partial charge is 0.338 e. The molecule has 0 radical (unpaired) electrons. The van der Waals surface area contributed by atoms with Gasteiger partial charge in [0.15, 0.2) is 0 Å². The summed E-state index contributed by atoms with van der Waals surface area (Å²) in [6.45, 7) is 3.68. The van der Waals surface area contributed by atoms with Crippen LogP contribution >= 0.6 is 0 Å². The molecule has 6 nitrogen and oxygen atoms in total. The zero-order chi connectivity index (χ0) is 15.4. The molecule has 0 saturated heterocycles. The van der Waals surface area contributed by atoms with Crippen molar-refractivity contribution in [3.63, 3.8) is 0 Å². The Bertz CT molecular complexity index is 595. The highest BCUT2D eigenvalue weighted by atomic mass is 16.5. The zero-order valence-corrected chi connectivity index (χ0v) is 12.2. The number of carbonyl (C=O) groups excluding carboxylic acids is 2. The van der Waals surface area contributed by atoms with Gasteiger partial charge in [0.2, 0.25) is 0 Å². The molecule has 1 aliphatic rings. The summed E-state index contributed by atoms with van der Waals surface area (Å²) in [4.78, 5) is 23.9. The largest absolute Gasteiger partial charge is 0.496 e. The fraction of sp³-hybridized carbons (Fsp3) is 0.333. The third-order valence-electron chi connectivity index (χ3n) is 3.21. The number of para-hydroxylation sites is 1. The SMILES string of the molecule is CCOC(=O)C1=C(C)NC(=O)NC1c1ccccc1OC. The number of benzene rings is 1. The lowest BCUT2D eigenvalue weighted by Crippen LogP contribution is -2.45. The summed E-state index contributed by atoms with van der Waals surface area (Å²) in [6.07, 6.45) is 0. The minimum atomic E-state index is -0.603. The molecule has 2 amide bonds. The van der Waals surface area contributed by atoms with Crippen LogP contribution in [0.3, 0.4) is 0 Å². The monoisotopic (exact) mass is 290 g/mol. The van der Waals surface area contributed by atoms with Crippen LogP contribution in [0.5, 0.6) is 5.75 Å². The molecule has 2 N–H and O–H groups in total. The van der Waals surface area contributed by atoms with Crippen molar-refractivity contribution in [1.29, 1.82) is 0 Å². The van der Waals surface area contributed by atoms with Crippen LogP contribution in [0, 0.1) is 0 Å². The molecule has 0 saturated carbocycles. The summed E-state index contributed by atoms with van der Waals surface area (Å²) in [7, 11) is 1.54. The van der Waals surface area contributed by atoms with Gasteiger partial charge in [-0.25, -0.2) is 9.59 Å². The highest BCUT2D eigenvalue weighted by molar-refractivity contribution is 5.95. The summed E-state index contributed by atoms with van der Waals surface area (Å²) in [6, 6.07) is 6.27. The zero-order valence-electron chi connectivity index (χ0n) is 12.2. The highest BCUT2D eigenvalue weighted by Crippen LogP contribution is 2.33. The van der Waals surface area contributed by atoms with E-state index in [1.165, 1.54) is 0 Å². The van der Waals surface area contributed by atoms with Gasteiger partial charge in [0.25, 0.3) is 0 Å². The number of amides is 2. The molecule has 1 heterocycles. The van der Waals surface area contributed by atoms with E-state index in [1.54, 1.807) is 27.0 Å². The Labute approximate surface area is 123 Å². The van der Waals surface area contributed by atoms with E-state index in [0.717, 1.165) is 0 Å². The van der Waals surface area contributed by atoms with E-state index in [-0.39, 0.29) is 12.6 Å². The molecule has 0 bridgehead atoms. The first-order valence-corrected chi connectivity index (χ1v) is 6.66. The van der Waals surface area contributed by atoms with Gasteiger partial charge in [-0.2, -0.15) is 0 Å². The lowest BCUT2D eigenvalue weighted by molar-refractivity contribution is -0.139. The number of allylic oxidation sites excluding steroid dienone is 1. The van der Waals surface area contributed by atoms with Gasteiger partial charge in [0.05, 0.1) is 25.3 Å². The van der Waals surface area contributed by atoms with Gasteiger partial charge in [-0.3, -0.25) is 0 Å². The number of nitrogens with one attached hydrogen (secondary N) is 2. The van der Waals surface area contributed by atoms with Crippen molar-refractivity contribution < 1.29 is 19.1 Å². The average molecular weight is 290 g/mol. The molecule has 21 heavy (non-hydrogen) atoms. The molecule has 2 rings (SSSR count). The van der Waals surface area contributed by atoms with Gasteiger partial charge in [0, 0.05) is 11.3 Å². The van der Waals surface area contributed by atoms with E-state index in [4.69, 9.17) is 9.47 Å². The van der Waals surface area contributed by atoms with E-state index in [0.29, 0.717) is 22.6 Å². The maximum Gasteiger partial charge on any atom is 0.338 e. The topological polar surface area (TPSA) is 76.7 Å². The predicted molar refractivity (Wildman–Crippen MR) is 76.7 cm³/mol. The maximum absolute atomic E-state index is 12.2. The van der Waals surface area contributed by atoms with Gasteiger partial charge in [0.1, 0.15) is 5.75 Å². The van der Waals surface area contributed by atoms with Crippen LogP contribution in [0.2, 0.25) is 0 Å². The number of urea groups is 1. The second-order valence-electron chi connectivity index (χ2n) is 4.53. The molecule has 1 aromatic carbocycles. The Morgan fingerprint density at radius 2 is 2.05 bits per heavy atom. The number of ether oxygens (including phenoxy) is 2. The minimum Gasteiger partial charge on any atom is -0.496 e. The first kappa shape index (κ1) is 14.9. The molecule has 1 aliphatic heterocycles. The third-order valence-corrected chi connectivity index (χ3v) is 3.21. The Balaban J connectivity index is 2.50. The van der Waals surface area contributed by atoms with Gasteiger partial charge < -0.3 is 20.1 Å². The Kier molecular flexibility index (Phi) is 4.47. The summed E-state index contributed by atoms with van der Waals surface area (Å²) in [5.41, 5.74) is 1.56. The van der Waals surface area contributed by atoms with E-state index >= 15 is 0 Å². The first-order chi connectivity index (χ1) is 10.1. The van der Waals surface area contributed by atoms with Crippen LogP contribution in [0.15, 0.2) is 35.5 Å². The lowest BCUT2D eigenvalue weighted by Gasteiger charge is -2.28. The predicted octanol–water partition coefficient (Wildman–Crippen LogP) is 1.89. The lowest BCUT2D eigenvalue weighted by atomic mass is 9.95. The van der Waals surface area contributed by atoms with Crippen LogP contribution in [-0.4, -0.2) is 25.7 Å². The molecule has 0 fully saturated rings. The molecule has 0 spiro atoms. The molecule has 0 aliphatic carbocycles. The van der Waals surface area contributed by atoms with E-state index in [9.17, 15) is 9.59 Å². The molecule has 1 atom stereocenters. The molecule has 6 heteroatoms. The van der Waals surface area contributed by atoms with E-state index in [2.05, 4.69) is 10.6 Å². The highest BCUT2D eigenvalue weighted by Gasteiger charge is 2.33. The van der Waals surface area contributed by atoms with Gasteiger partial charge in [-0.15, -0.1) is 0 Å². The number of hydrogen-bond acceptors (Lipinski definition) is 4. The molecule has 112 valence electrons. The second-order valence-corrected chi connectivity index (χ2v) is 4.53. The number of carbonyl (C=O) groups is 2. The third kappa shape index (κ3) is 2.99. The Hall–Kier alpha value is -2.50. The standard InChI is InChI=1S/C15H18N2O4/c1-4-21-14(18)12-9(2)16-15(19)17-13(12)10-7-5-6-8-11(10)20-3/h5-8,13H,4H2,1-3H3,(H2,16,17,19). The van der Waals surface area contributed by atoms with Gasteiger partial charge in [-0.05, 0) is 19.9 Å². The van der Waals surface area contributed by atoms with Crippen molar-refractivity contribution in [3.05, 3.63) is 41.1 Å². The van der Waals surface area contributed by atoms with Crippen molar-refractivity contribution in [2.75, 3.05) is 13.7 Å². The number of rotatable bonds is 4. The molecule has 1 aromatic rings. The average Bonchev–Trinajstić information content (AvgIpc) is 2.46. The summed E-state index contributed by atoms with van der Waals surface area (Å²) in [5, 5.41) is 5.33. The van der Waals surface area contributed by atoms with Crippen LogP contribution < -0.4 is 15.4 Å². The molecular formula is C15H18N2O4. The normalized spacial score (nSPS) is 17.9. The van der Waals surface area contributed by atoms with Crippen LogP contribution in [-0.2, 0) is 9.53 Å². The molecular weight excluding hydrogens is 272 g/mol. The summed E-state index contributed by atoms with van der Waals surface area (Å²) in [5.74, 6) is 0.137. The van der Waals surface area contributed by atoms with Gasteiger partial charge >= 0.3 is 12.0 Å². The summed E-state index contributed by atoms with van der Waals surface area (Å²) >= 11 is 0. The molecule has 1 unspecified atom stereocenters. The summed E-state index contributed by atoms with van der Waals surface area (Å²) < 4.78 is 10.4. The van der Waals surface area contributed by atoms with Crippen LogP contribution in [0.4, 0.5) is 4.79 Å². The van der Waals surface area contributed by atoms with Gasteiger partial charge in [-0.1, -0.05) is 18.2 Å². The fourth-order valence-corrected chi connectivity index (χ4v) is 2.31. The van der Waals surface area contributed by atoms with Crippen molar-refractivity contribution in [3.8, 4) is 5.75 Å². The van der Waals surface area contributed by atoms with E-state index < -0.39 is 12.0 Å². The van der Waals surface area contributed by atoms with Crippen molar-refractivity contribution in [2.24, 2.45) is 0 Å². The quantitative estimate of drug-likeness (QED) is 0.830. The second kappa shape index (κ2) is 6.30. The Morgan fingerprint density at radius 3 is 2.71 bits per heavy atom. The van der Waals surface area contributed by atoms with Crippen molar-refractivity contribution >= 4 is 12.0 Å². The van der Waals surface area contributed by atoms with Crippen molar-refractivity contribution in [2.45, 2.75) is 19.9 Å². The number of esters is 1. The Morgan fingerprint density at radius 1 is 1.33 bits per heavy atom.